The van der Waals surface area contributed by atoms with Crippen LogP contribution in [0.3, 0.4) is 0 Å². The first-order valence-electron chi connectivity index (χ1n) is 5.86. The molecule has 1 N–H and O–H groups in total. The van der Waals surface area contributed by atoms with E-state index in [1.807, 2.05) is 25.2 Å². The topological polar surface area (TPSA) is 73.0 Å². The molecule has 0 aliphatic heterocycles. The van der Waals surface area contributed by atoms with Gasteiger partial charge in [0.05, 0.1) is 11.6 Å². The molecule has 0 radical (unpaired) electrons. The summed E-state index contributed by atoms with van der Waals surface area (Å²) in [7, 11) is 2.01. The summed E-state index contributed by atoms with van der Waals surface area (Å²) in [6, 6.07) is 7.82. The first-order chi connectivity index (χ1) is 8.69. The van der Waals surface area contributed by atoms with Crippen molar-refractivity contribution >= 4 is 11.1 Å². The van der Waals surface area contributed by atoms with Gasteiger partial charge >= 0.3 is 5.76 Å². The van der Waals surface area contributed by atoms with E-state index in [4.69, 9.17) is 9.68 Å². The van der Waals surface area contributed by atoms with E-state index in [0.29, 0.717) is 12.0 Å². The Balaban J connectivity index is 2.03. The third-order valence-electron chi connectivity index (χ3n) is 2.77. The van der Waals surface area contributed by atoms with E-state index >= 15 is 0 Å². The highest BCUT2D eigenvalue weighted by Gasteiger charge is 2.04. The summed E-state index contributed by atoms with van der Waals surface area (Å²) in [6.07, 6.45) is 1.45. The van der Waals surface area contributed by atoms with Crippen LogP contribution in [0.4, 0.5) is 0 Å². The van der Waals surface area contributed by atoms with Crippen molar-refractivity contribution in [3.8, 4) is 6.07 Å². The molecule has 5 heteroatoms. The molecule has 0 unspecified atom stereocenters. The smallest absolute Gasteiger partial charge is 0.408 e. The third kappa shape index (κ3) is 2.99. The van der Waals surface area contributed by atoms with Gasteiger partial charge in [-0.1, -0.05) is 6.07 Å². The lowest BCUT2D eigenvalue weighted by atomic mass is 10.2. The lowest BCUT2D eigenvalue weighted by Crippen LogP contribution is -2.18. The minimum Gasteiger partial charge on any atom is -0.408 e. The SMILES string of the molecule is CN(CCCC#N)Cc1ccc2[nH]c(=O)oc2c1. The van der Waals surface area contributed by atoms with Crippen molar-refractivity contribution in [2.75, 3.05) is 13.6 Å². The number of nitrogens with zero attached hydrogens (tertiary/aromatic N) is 2. The summed E-state index contributed by atoms with van der Waals surface area (Å²) in [5.74, 6) is -0.426. The van der Waals surface area contributed by atoms with E-state index in [9.17, 15) is 4.79 Å². The molecule has 94 valence electrons. The number of rotatable bonds is 5. The van der Waals surface area contributed by atoms with Crippen molar-refractivity contribution in [2.45, 2.75) is 19.4 Å². The molecule has 1 heterocycles. The molecule has 0 bridgehead atoms. The molecule has 0 saturated carbocycles. The molecule has 0 spiro atoms. The highest BCUT2D eigenvalue weighted by molar-refractivity contribution is 5.72. The van der Waals surface area contributed by atoms with Crippen molar-refractivity contribution in [3.63, 3.8) is 0 Å². The van der Waals surface area contributed by atoms with E-state index in [2.05, 4.69) is 16.0 Å². The summed E-state index contributed by atoms with van der Waals surface area (Å²) in [6.45, 7) is 1.65. The summed E-state index contributed by atoms with van der Waals surface area (Å²) < 4.78 is 5.02. The fourth-order valence-electron chi connectivity index (χ4n) is 1.91. The molecule has 0 amide bonds. The maximum atomic E-state index is 11.0. The largest absolute Gasteiger partial charge is 0.417 e. The van der Waals surface area contributed by atoms with Crippen molar-refractivity contribution in [1.82, 2.24) is 9.88 Å². The van der Waals surface area contributed by atoms with Crippen LogP contribution in [0.25, 0.3) is 11.1 Å². The van der Waals surface area contributed by atoms with Crippen molar-refractivity contribution in [3.05, 3.63) is 34.3 Å². The second-order valence-electron chi connectivity index (χ2n) is 4.34. The van der Waals surface area contributed by atoms with Gasteiger partial charge in [-0.3, -0.25) is 4.98 Å². The molecule has 5 nitrogen and oxygen atoms in total. The van der Waals surface area contributed by atoms with Crippen LogP contribution in [0.5, 0.6) is 0 Å². The van der Waals surface area contributed by atoms with Gasteiger partial charge in [-0.05, 0) is 37.7 Å². The van der Waals surface area contributed by atoms with Gasteiger partial charge in [-0.2, -0.15) is 5.26 Å². The zero-order chi connectivity index (χ0) is 13.0. The van der Waals surface area contributed by atoms with Crippen LogP contribution < -0.4 is 5.76 Å². The van der Waals surface area contributed by atoms with Gasteiger partial charge in [0.15, 0.2) is 5.58 Å². The second-order valence-corrected chi connectivity index (χ2v) is 4.34. The molecular formula is C13H15N3O2. The Morgan fingerprint density at radius 1 is 1.50 bits per heavy atom. The summed E-state index contributed by atoms with van der Waals surface area (Å²) in [4.78, 5) is 15.8. The molecule has 1 aromatic carbocycles. The highest BCUT2D eigenvalue weighted by Crippen LogP contribution is 2.13. The van der Waals surface area contributed by atoms with E-state index in [0.717, 1.165) is 30.6 Å². The maximum Gasteiger partial charge on any atom is 0.417 e. The van der Waals surface area contributed by atoms with Crippen LogP contribution in [0, 0.1) is 11.3 Å². The number of fused-ring (bicyclic) bond motifs is 1. The number of nitriles is 1. The fraction of sp³-hybridized carbons (Fsp3) is 0.385. The van der Waals surface area contributed by atoms with Crippen LogP contribution in [-0.4, -0.2) is 23.5 Å². The predicted octanol–water partition coefficient (Wildman–Crippen LogP) is 1.86. The molecule has 18 heavy (non-hydrogen) atoms. The number of H-pyrrole nitrogens is 1. The molecular weight excluding hydrogens is 230 g/mol. The molecule has 2 rings (SSSR count). The average molecular weight is 245 g/mol. The molecule has 0 saturated heterocycles. The number of nitrogens with one attached hydrogen (secondary N) is 1. The maximum absolute atomic E-state index is 11.0. The standard InChI is InChI=1S/C13H15N3O2/c1-16(7-3-2-6-14)9-10-4-5-11-12(8-10)18-13(17)15-11/h4-5,8H,2-3,7,9H2,1H3,(H,15,17). The Kier molecular flexibility index (Phi) is 3.80. The minimum atomic E-state index is -0.426. The number of aromatic amines is 1. The van der Waals surface area contributed by atoms with Crippen LogP contribution in [0.2, 0.25) is 0 Å². The molecule has 0 aliphatic rings. The first-order valence-corrected chi connectivity index (χ1v) is 5.86. The Hall–Kier alpha value is -2.06. The monoisotopic (exact) mass is 245 g/mol. The Labute approximate surface area is 105 Å². The summed E-state index contributed by atoms with van der Waals surface area (Å²) >= 11 is 0. The minimum absolute atomic E-state index is 0.426. The van der Waals surface area contributed by atoms with Crippen molar-refractivity contribution in [2.24, 2.45) is 0 Å². The zero-order valence-corrected chi connectivity index (χ0v) is 10.3. The number of benzene rings is 1. The molecule has 0 aliphatic carbocycles. The highest BCUT2D eigenvalue weighted by atomic mass is 16.4. The van der Waals surface area contributed by atoms with Crippen molar-refractivity contribution < 1.29 is 4.42 Å². The normalized spacial score (nSPS) is 10.9. The van der Waals surface area contributed by atoms with Gasteiger partial charge in [-0.25, -0.2) is 4.79 Å². The zero-order valence-electron chi connectivity index (χ0n) is 10.3. The van der Waals surface area contributed by atoms with Crippen LogP contribution in [0.1, 0.15) is 18.4 Å². The van der Waals surface area contributed by atoms with Crippen molar-refractivity contribution in [1.29, 1.82) is 5.26 Å². The van der Waals surface area contributed by atoms with E-state index in [1.165, 1.54) is 0 Å². The summed E-state index contributed by atoms with van der Waals surface area (Å²) in [5, 5.41) is 8.48. The van der Waals surface area contributed by atoms with E-state index < -0.39 is 5.76 Å². The number of unbranched alkanes of at least 4 members (excludes halogenated alkanes) is 1. The van der Waals surface area contributed by atoms with Gasteiger partial charge in [0.25, 0.3) is 0 Å². The number of oxazole rings is 1. The molecule has 0 atom stereocenters. The first kappa shape index (κ1) is 12.4. The van der Waals surface area contributed by atoms with Crippen LogP contribution >= 0.6 is 0 Å². The third-order valence-corrected chi connectivity index (χ3v) is 2.77. The quantitative estimate of drug-likeness (QED) is 0.816. The number of hydrogen-bond acceptors (Lipinski definition) is 4. The van der Waals surface area contributed by atoms with Gasteiger partial charge in [-0.15, -0.1) is 0 Å². The van der Waals surface area contributed by atoms with Crippen LogP contribution in [-0.2, 0) is 6.54 Å². The van der Waals surface area contributed by atoms with E-state index in [-0.39, 0.29) is 0 Å². The lowest BCUT2D eigenvalue weighted by molar-refractivity contribution is 0.323. The molecule has 1 aromatic heterocycles. The molecule has 0 fully saturated rings. The number of aromatic nitrogens is 1. The van der Waals surface area contributed by atoms with Crippen LogP contribution in [0.15, 0.2) is 27.4 Å². The Bertz CT molecular complexity index is 621. The molecule has 2 aromatic rings. The average Bonchev–Trinajstić information content (AvgIpc) is 2.69. The summed E-state index contributed by atoms with van der Waals surface area (Å²) in [5.41, 5.74) is 2.39. The number of hydrogen-bond donors (Lipinski definition) is 1. The fourth-order valence-corrected chi connectivity index (χ4v) is 1.91. The van der Waals surface area contributed by atoms with Gasteiger partial charge < -0.3 is 9.32 Å². The lowest BCUT2D eigenvalue weighted by Gasteiger charge is -2.15. The Morgan fingerprint density at radius 2 is 2.33 bits per heavy atom. The van der Waals surface area contributed by atoms with Gasteiger partial charge in [0.2, 0.25) is 0 Å². The second kappa shape index (κ2) is 5.52. The van der Waals surface area contributed by atoms with E-state index in [1.54, 1.807) is 0 Å². The Morgan fingerprint density at radius 3 is 3.11 bits per heavy atom. The van der Waals surface area contributed by atoms with Gasteiger partial charge in [0.1, 0.15) is 0 Å². The predicted molar refractivity (Wildman–Crippen MR) is 68.0 cm³/mol. The van der Waals surface area contributed by atoms with Gasteiger partial charge in [0, 0.05) is 13.0 Å².